The standard InChI is InChI=1S/C17H23FN2O2/c1-11(21)9-14-3-2-8-20(14)17(22)19-16-7-4-12-10-13(18)5-6-15(12)16/h5-6,10-11,14,16,21H,2-4,7-9H2,1H3,(H,19,22). The van der Waals surface area contributed by atoms with Crippen molar-refractivity contribution in [2.75, 3.05) is 6.54 Å². The minimum atomic E-state index is -0.395. The van der Waals surface area contributed by atoms with E-state index in [0.29, 0.717) is 6.42 Å². The lowest BCUT2D eigenvalue weighted by molar-refractivity contribution is 0.137. The monoisotopic (exact) mass is 306 g/mol. The maximum Gasteiger partial charge on any atom is 0.318 e. The molecule has 2 N–H and O–H groups in total. The molecule has 0 aromatic heterocycles. The molecule has 4 nitrogen and oxygen atoms in total. The van der Waals surface area contributed by atoms with Gasteiger partial charge in [0.25, 0.3) is 0 Å². The van der Waals surface area contributed by atoms with E-state index in [1.54, 1.807) is 19.1 Å². The number of nitrogens with one attached hydrogen (secondary N) is 1. The summed E-state index contributed by atoms with van der Waals surface area (Å²) in [6.07, 6.45) is 3.78. The molecule has 3 atom stereocenters. The molecule has 1 fully saturated rings. The first-order valence-electron chi connectivity index (χ1n) is 8.08. The highest BCUT2D eigenvalue weighted by molar-refractivity contribution is 5.75. The fraction of sp³-hybridized carbons (Fsp3) is 0.588. The summed E-state index contributed by atoms with van der Waals surface area (Å²) in [5.74, 6) is -0.220. The number of amides is 2. The normalized spacial score (nSPS) is 25.1. The van der Waals surface area contributed by atoms with E-state index in [1.165, 1.54) is 6.07 Å². The molecule has 3 rings (SSSR count). The Morgan fingerprint density at radius 1 is 1.50 bits per heavy atom. The van der Waals surface area contributed by atoms with Crippen molar-refractivity contribution >= 4 is 6.03 Å². The minimum absolute atomic E-state index is 0.0316. The number of aryl methyl sites for hydroxylation is 1. The second kappa shape index (κ2) is 6.24. The SMILES string of the molecule is CC(O)CC1CCCN1C(=O)NC1CCc2cc(F)ccc21. The summed E-state index contributed by atoms with van der Waals surface area (Å²) in [6, 6.07) is 4.82. The van der Waals surface area contributed by atoms with Crippen molar-refractivity contribution in [3.63, 3.8) is 0 Å². The minimum Gasteiger partial charge on any atom is -0.393 e. The third-order valence-electron chi connectivity index (χ3n) is 4.73. The summed E-state index contributed by atoms with van der Waals surface area (Å²) < 4.78 is 13.3. The van der Waals surface area contributed by atoms with Crippen LogP contribution in [0.2, 0.25) is 0 Å². The summed E-state index contributed by atoms with van der Waals surface area (Å²) in [4.78, 5) is 14.4. The topological polar surface area (TPSA) is 52.6 Å². The molecule has 0 radical (unpaired) electrons. The average Bonchev–Trinajstić information content (AvgIpc) is 3.05. The second-order valence-electron chi connectivity index (χ2n) is 6.46. The Balaban J connectivity index is 1.66. The van der Waals surface area contributed by atoms with Crippen LogP contribution in [0.5, 0.6) is 0 Å². The lowest BCUT2D eigenvalue weighted by Gasteiger charge is -2.27. The molecule has 1 aromatic rings. The molecule has 1 heterocycles. The number of carbonyl (C=O) groups is 1. The van der Waals surface area contributed by atoms with Crippen LogP contribution in [0, 0.1) is 5.82 Å². The van der Waals surface area contributed by atoms with E-state index < -0.39 is 6.10 Å². The van der Waals surface area contributed by atoms with Gasteiger partial charge in [0.05, 0.1) is 12.1 Å². The Labute approximate surface area is 130 Å². The number of nitrogens with zero attached hydrogens (tertiary/aromatic N) is 1. The zero-order valence-electron chi connectivity index (χ0n) is 12.9. The predicted molar refractivity (Wildman–Crippen MR) is 82.0 cm³/mol. The number of urea groups is 1. The molecule has 1 saturated heterocycles. The molecule has 0 bridgehead atoms. The zero-order chi connectivity index (χ0) is 15.7. The number of likely N-dealkylation sites (tertiary alicyclic amines) is 1. The number of rotatable bonds is 3. The van der Waals surface area contributed by atoms with Gasteiger partial charge in [-0.1, -0.05) is 6.07 Å². The highest BCUT2D eigenvalue weighted by Gasteiger charge is 2.32. The lowest BCUT2D eigenvalue weighted by Crippen LogP contribution is -2.44. The number of carbonyl (C=O) groups excluding carboxylic acids is 1. The van der Waals surface area contributed by atoms with Crippen LogP contribution in [0.25, 0.3) is 0 Å². The second-order valence-corrected chi connectivity index (χ2v) is 6.46. The Morgan fingerprint density at radius 2 is 2.32 bits per heavy atom. The van der Waals surface area contributed by atoms with Crippen molar-refractivity contribution in [1.29, 1.82) is 0 Å². The molecule has 5 heteroatoms. The number of aliphatic hydroxyl groups excluding tert-OH is 1. The zero-order valence-corrected chi connectivity index (χ0v) is 12.9. The fourth-order valence-corrected chi connectivity index (χ4v) is 3.71. The van der Waals surface area contributed by atoms with Crippen LogP contribution < -0.4 is 5.32 Å². The fourth-order valence-electron chi connectivity index (χ4n) is 3.71. The van der Waals surface area contributed by atoms with Gasteiger partial charge in [-0.2, -0.15) is 0 Å². The lowest BCUT2D eigenvalue weighted by atomic mass is 10.1. The third-order valence-corrected chi connectivity index (χ3v) is 4.73. The van der Waals surface area contributed by atoms with Gasteiger partial charge in [0.2, 0.25) is 0 Å². The van der Waals surface area contributed by atoms with Gasteiger partial charge in [0.1, 0.15) is 5.82 Å². The first kappa shape index (κ1) is 15.3. The molecular weight excluding hydrogens is 283 g/mol. The van der Waals surface area contributed by atoms with E-state index in [-0.39, 0.29) is 23.9 Å². The maximum atomic E-state index is 13.3. The van der Waals surface area contributed by atoms with Gasteiger partial charge in [-0.15, -0.1) is 0 Å². The van der Waals surface area contributed by atoms with Crippen molar-refractivity contribution in [2.24, 2.45) is 0 Å². The van der Waals surface area contributed by atoms with Crippen LogP contribution >= 0.6 is 0 Å². The van der Waals surface area contributed by atoms with Crippen LogP contribution in [0.4, 0.5) is 9.18 Å². The van der Waals surface area contributed by atoms with E-state index in [2.05, 4.69) is 5.32 Å². The highest BCUT2D eigenvalue weighted by Crippen LogP contribution is 2.32. The summed E-state index contributed by atoms with van der Waals surface area (Å²) in [5, 5.41) is 12.6. The molecular formula is C17H23FN2O2. The quantitative estimate of drug-likeness (QED) is 0.902. The van der Waals surface area contributed by atoms with Crippen molar-refractivity contribution < 1.29 is 14.3 Å². The predicted octanol–water partition coefficient (Wildman–Crippen LogP) is 2.76. The van der Waals surface area contributed by atoms with E-state index in [9.17, 15) is 14.3 Å². The Morgan fingerprint density at radius 3 is 3.09 bits per heavy atom. The smallest absolute Gasteiger partial charge is 0.318 e. The van der Waals surface area contributed by atoms with E-state index >= 15 is 0 Å². The van der Waals surface area contributed by atoms with Crippen LogP contribution in [0.1, 0.15) is 49.8 Å². The van der Waals surface area contributed by atoms with Crippen molar-refractivity contribution in [3.05, 3.63) is 35.1 Å². The number of benzene rings is 1. The van der Waals surface area contributed by atoms with Gasteiger partial charge in [-0.25, -0.2) is 9.18 Å². The molecule has 0 saturated carbocycles. The van der Waals surface area contributed by atoms with Crippen LogP contribution in [0.3, 0.4) is 0 Å². The molecule has 120 valence electrons. The summed E-state index contributed by atoms with van der Waals surface area (Å²) in [6.45, 7) is 2.50. The van der Waals surface area contributed by atoms with Gasteiger partial charge >= 0.3 is 6.03 Å². The molecule has 22 heavy (non-hydrogen) atoms. The van der Waals surface area contributed by atoms with Crippen LogP contribution in [-0.4, -0.2) is 34.7 Å². The van der Waals surface area contributed by atoms with E-state index in [0.717, 1.165) is 43.4 Å². The third kappa shape index (κ3) is 3.09. The number of halogens is 1. The number of hydrogen-bond acceptors (Lipinski definition) is 2. The van der Waals surface area contributed by atoms with Gasteiger partial charge in [0, 0.05) is 12.6 Å². The van der Waals surface area contributed by atoms with Crippen LogP contribution in [-0.2, 0) is 6.42 Å². The molecule has 1 aliphatic carbocycles. The average molecular weight is 306 g/mol. The molecule has 2 aliphatic rings. The molecule has 1 aliphatic heterocycles. The Hall–Kier alpha value is -1.62. The largest absolute Gasteiger partial charge is 0.393 e. The summed E-state index contributed by atoms with van der Waals surface area (Å²) in [7, 11) is 0. The van der Waals surface area contributed by atoms with Crippen molar-refractivity contribution in [3.8, 4) is 0 Å². The molecule has 3 unspecified atom stereocenters. The van der Waals surface area contributed by atoms with Crippen LogP contribution in [0.15, 0.2) is 18.2 Å². The summed E-state index contributed by atoms with van der Waals surface area (Å²) in [5.41, 5.74) is 2.02. The number of fused-ring (bicyclic) bond motifs is 1. The molecule has 0 spiro atoms. The van der Waals surface area contributed by atoms with Gasteiger partial charge < -0.3 is 15.3 Å². The summed E-state index contributed by atoms with van der Waals surface area (Å²) >= 11 is 0. The Kier molecular flexibility index (Phi) is 4.34. The number of hydrogen-bond donors (Lipinski definition) is 2. The number of aliphatic hydroxyl groups is 1. The first-order chi connectivity index (χ1) is 10.5. The maximum absolute atomic E-state index is 13.3. The Bertz CT molecular complexity index is 562. The molecule has 1 aromatic carbocycles. The van der Waals surface area contributed by atoms with E-state index in [4.69, 9.17) is 0 Å². The highest BCUT2D eigenvalue weighted by atomic mass is 19.1. The van der Waals surface area contributed by atoms with Crippen molar-refractivity contribution in [2.45, 2.75) is 57.2 Å². The van der Waals surface area contributed by atoms with E-state index in [1.807, 2.05) is 4.90 Å². The van der Waals surface area contributed by atoms with Gasteiger partial charge in [0.15, 0.2) is 0 Å². The first-order valence-corrected chi connectivity index (χ1v) is 8.08. The molecule has 2 amide bonds. The van der Waals surface area contributed by atoms with Gasteiger partial charge in [-0.05, 0) is 62.3 Å². The van der Waals surface area contributed by atoms with Gasteiger partial charge in [-0.3, -0.25) is 0 Å². The van der Waals surface area contributed by atoms with Crippen molar-refractivity contribution in [1.82, 2.24) is 10.2 Å².